The number of hydrazine groups is 1. The largest absolute Gasteiger partial charge is 0.483 e. The van der Waals surface area contributed by atoms with Gasteiger partial charge in [-0.2, -0.15) is 4.31 Å². The molecule has 0 bridgehead atoms. The number of amides is 2. The van der Waals surface area contributed by atoms with Gasteiger partial charge in [-0.1, -0.05) is 18.2 Å². The molecule has 2 aromatic carbocycles. The first-order chi connectivity index (χ1) is 15.7. The molecular weight excluding hydrogens is 446 g/mol. The Morgan fingerprint density at radius 1 is 1.09 bits per heavy atom. The van der Waals surface area contributed by atoms with E-state index in [0.717, 1.165) is 24.8 Å². The van der Waals surface area contributed by atoms with E-state index in [2.05, 4.69) is 10.9 Å². The molecule has 1 fully saturated rings. The summed E-state index contributed by atoms with van der Waals surface area (Å²) in [6, 6.07) is 11.2. The number of benzene rings is 2. The van der Waals surface area contributed by atoms with E-state index >= 15 is 0 Å². The van der Waals surface area contributed by atoms with Crippen molar-refractivity contribution in [1.29, 1.82) is 0 Å². The third-order valence-electron chi connectivity index (χ3n) is 5.53. The standard InChI is InChI=1S/C23H27N3O6S/c1-23(2)14-17-8-6-10-19(21(17)32-23)31-15-20(27)24-25-22(28)16-7-5-9-18(13-16)33(29,30)26-11-3-4-12-26/h5-10,13H,3-4,11-12,14-15H2,1-2H3,(H,24,27)(H,25,28). The predicted molar refractivity (Wildman–Crippen MR) is 120 cm³/mol. The minimum atomic E-state index is -3.64. The maximum Gasteiger partial charge on any atom is 0.276 e. The summed E-state index contributed by atoms with van der Waals surface area (Å²) in [4.78, 5) is 24.7. The van der Waals surface area contributed by atoms with Gasteiger partial charge >= 0.3 is 0 Å². The summed E-state index contributed by atoms with van der Waals surface area (Å²) in [6.07, 6.45) is 2.39. The average Bonchev–Trinajstić information content (AvgIpc) is 3.43. The number of nitrogens with zero attached hydrogens (tertiary/aromatic N) is 1. The molecule has 4 rings (SSSR count). The van der Waals surface area contributed by atoms with Gasteiger partial charge in [-0.15, -0.1) is 0 Å². The molecule has 0 unspecified atom stereocenters. The summed E-state index contributed by atoms with van der Waals surface area (Å²) in [5.41, 5.74) is 5.36. The molecule has 0 aromatic heterocycles. The number of fused-ring (bicyclic) bond motifs is 1. The summed E-state index contributed by atoms with van der Waals surface area (Å²) in [7, 11) is -3.64. The number of nitrogens with one attached hydrogen (secondary N) is 2. The lowest BCUT2D eigenvalue weighted by atomic mass is 10.0. The molecule has 2 heterocycles. The van der Waals surface area contributed by atoms with Gasteiger partial charge in [0, 0.05) is 30.6 Å². The fraction of sp³-hybridized carbons (Fsp3) is 0.391. The van der Waals surface area contributed by atoms with Crippen molar-refractivity contribution in [2.24, 2.45) is 0 Å². The highest BCUT2D eigenvalue weighted by atomic mass is 32.2. The molecule has 176 valence electrons. The molecule has 10 heteroatoms. The lowest BCUT2D eigenvalue weighted by Gasteiger charge is -2.18. The van der Waals surface area contributed by atoms with Crippen LogP contribution in [-0.4, -0.2) is 49.8 Å². The van der Waals surface area contributed by atoms with Gasteiger partial charge in [0.05, 0.1) is 4.90 Å². The molecule has 33 heavy (non-hydrogen) atoms. The number of para-hydroxylation sites is 1. The molecule has 0 atom stereocenters. The van der Waals surface area contributed by atoms with Gasteiger partial charge < -0.3 is 9.47 Å². The van der Waals surface area contributed by atoms with Crippen molar-refractivity contribution in [2.45, 2.75) is 43.6 Å². The molecule has 2 aromatic rings. The summed E-state index contributed by atoms with van der Waals surface area (Å²) in [6.45, 7) is 4.57. The number of sulfonamides is 1. The Labute approximate surface area is 193 Å². The van der Waals surface area contributed by atoms with E-state index in [1.54, 1.807) is 6.07 Å². The first kappa shape index (κ1) is 23.1. The van der Waals surface area contributed by atoms with Crippen molar-refractivity contribution in [3.8, 4) is 11.5 Å². The monoisotopic (exact) mass is 473 g/mol. The number of rotatable bonds is 6. The van der Waals surface area contributed by atoms with Gasteiger partial charge in [-0.25, -0.2) is 8.42 Å². The predicted octanol–water partition coefficient (Wildman–Crippen LogP) is 2.02. The first-order valence-corrected chi connectivity index (χ1v) is 12.2. The number of ether oxygens (including phenoxy) is 2. The maximum atomic E-state index is 12.7. The normalized spacial score (nSPS) is 17.2. The Hall–Kier alpha value is -3.11. The molecule has 2 aliphatic heterocycles. The van der Waals surface area contributed by atoms with Crippen LogP contribution >= 0.6 is 0 Å². The maximum absolute atomic E-state index is 12.7. The topological polar surface area (TPSA) is 114 Å². The van der Waals surface area contributed by atoms with Crippen LogP contribution in [0.3, 0.4) is 0 Å². The molecule has 1 saturated heterocycles. The second-order valence-corrected chi connectivity index (χ2v) is 10.7. The summed E-state index contributed by atoms with van der Waals surface area (Å²) in [5.74, 6) is -0.124. The third-order valence-corrected chi connectivity index (χ3v) is 7.42. The van der Waals surface area contributed by atoms with Gasteiger partial charge in [0.1, 0.15) is 5.60 Å². The highest BCUT2D eigenvalue weighted by molar-refractivity contribution is 7.89. The van der Waals surface area contributed by atoms with Gasteiger partial charge in [-0.3, -0.25) is 20.4 Å². The van der Waals surface area contributed by atoms with Crippen molar-refractivity contribution >= 4 is 21.8 Å². The van der Waals surface area contributed by atoms with E-state index in [-0.39, 0.29) is 22.7 Å². The van der Waals surface area contributed by atoms with E-state index in [0.29, 0.717) is 24.6 Å². The van der Waals surface area contributed by atoms with Crippen LogP contribution < -0.4 is 20.3 Å². The number of carbonyl (C=O) groups is 2. The van der Waals surface area contributed by atoms with Crippen molar-refractivity contribution in [2.75, 3.05) is 19.7 Å². The number of carbonyl (C=O) groups excluding carboxylic acids is 2. The highest BCUT2D eigenvalue weighted by Gasteiger charge is 2.32. The fourth-order valence-electron chi connectivity index (χ4n) is 3.95. The van der Waals surface area contributed by atoms with E-state index in [1.807, 2.05) is 26.0 Å². The van der Waals surface area contributed by atoms with Crippen molar-refractivity contribution in [1.82, 2.24) is 15.2 Å². The molecule has 0 spiro atoms. The Bertz CT molecular complexity index is 1170. The van der Waals surface area contributed by atoms with E-state index in [1.165, 1.54) is 28.6 Å². The minimum absolute atomic E-state index is 0.0487. The van der Waals surface area contributed by atoms with Crippen molar-refractivity contribution in [3.05, 3.63) is 53.6 Å². The molecule has 2 aliphatic rings. The van der Waals surface area contributed by atoms with Crippen LogP contribution in [0.4, 0.5) is 0 Å². The molecule has 9 nitrogen and oxygen atoms in total. The van der Waals surface area contributed by atoms with Gasteiger partial charge in [0.25, 0.3) is 11.8 Å². The van der Waals surface area contributed by atoms with E-state index in [9.17, 15) is 18.0 Å². The van der Waals surface area contributed by atoms with Gasteiger partial charge in [0.15, 0.2) is 18.1 Å². The smallest absolute Gasteiger partial charge is 0.276 e. The second-order valence-electron chi connectivity index (χ2n) is 8.71. The minimum Gasteiger partial charge on any atom is -0.483 e. The fourth-order valence-corrected chi connectivity index (χ4v) is 5.52. The lowest BCUT2D eigenvalue weighted by molar-refractivity contribution is -0.123. The first-order valence-electron chi connectivity index (χ1n) is 10.8. The average molecular weight is 474 g/mol. The van der Waals surface area contributed by atoms with Crippen LogP contribution in [0, 0.1) is 0 Å². The molecule has 0 saturated carbocycles. The molecule has 2 amide bonds. The zero-order valence-corrected chi connectivity index (χ0v) is 19.4. The van der Waals surface area contributed by atoms with Crippen LogP contribution in [0.5, 0.6) is 11.5 Å². The Morgan fingerprint density at radius 3 is 2.58 bits per heavy atom. The lowest BCUT2D eigenvalue weighted by Crippen LogP contribution is -2.43. The van der Waals surface area contributed by atoms with Crippen LogP contribution in [0.2, 0.25) is 0 Å². The highest BCUT2D eigenvalue weighted by Crippen LogP contribution is 2.41. The van der Waals surface area contributed by atoms with Crippen molar-refractivity contribution < 1.29 is 27.5 Å². The van der Waals surface area contributed by atoms with Crippen LogP contribution in [0.1, 0.15) is 42.6 Å². The zero-order valence-electron chi connectivity index (χ0n) is 18.6. The van der Waals surface area contributed by atoms with Crippen LogP contribution in [0.25, 0.3) is 0 Å². The van der Waals surface area contributed by atoms with Crippen molar-refractivity contribution in [3.63, 3.8) is 0 Å². The SMILES string of the molecule is CC1(C)Cc2cccc(OCC(=O)NNC(=O)c3cccc(S(=O)(=O)N4CCCC4)c3)c2O1. The van der Waals surface area contributed by atoms with Crippen LogP contribution in [-0.2, 0) is 21.2 Å². The van der Waals surface area contributed by atoms with Gasteiger partial charge in [0.2, 0.25) is 10.0 Å². The Balaban J connectivity index is 1.33. The quantitative estimate of drug-likeness (QED) is 0.621. The Kier molecular flexibility index (Phi) is 6.31. The van der Waals surface area contributed by atoms with Gasteiger partial charge in [-0.05, 0) is 51.0 Å². The summed E-state index contributed by atoms with van der Waals surface area (Å²) < 4.78 is 38.3. The molecule has 0 radical (unpaired) electrons. The summed E-state index contributed by atoms with van der Waals surface area (Å²) >= 11 is 0. The summed E-state index contributed by atoms with van der Waals surface area (Å²) in [5, 5.41) is 0. The van der Waals surface area contributed by atoms with Crippen LogP contribution in [0.15, 0.2) is 47.4 Å². The van der Waals surface area contributed by atoms with E-state index < -0.39 is 21.8 Å². The second kappa shape index (κ2) is 9.03. The Morgan fingerprint density at radius 2 is 1.82 bits per heavy atom. The number of hydrogen-bond donors (Lipinski definition) is 2. The molecular formula is C23H27N3O6S. The molecule has 2 N–H and O–H groups in total. The number of hydrogen-bond acceptors (Lipinski definition) is 6. The third kappa shape index (κ3) is 5.12. The zero-order chi connectivity index (χ0) is 23.6. The van der Waals surface area contributed by atoms with E-state index in [4.69, 9.17) is 9.47 Å². The molecule has 0 aliphatic carbocycles.